The van der Waals surface area contributed by atoms with Crippen LogP contribution >= 0.6 is 0 Å². The van der Waals surface area contributed by atoms with Gasteiger partial charge >= 0.3 is 0 Å². The smallest absolute Gasteiger partial charge is 0.241 e. The summed E-state index contributed by atoms with van der Waals surface area (Å²) >= 11 is 0. The van der Waals surface area contributed by atoms with E-state index in [0.717, 1.165) is 6.26 Å². The largest absolute Gasteiger partial charge is 0.295 e. The molecule has 0 aliphatic rings. The number of carbonyl (C=O) groups is 1. The Kier molecular flexibility index (Phi) is 5.53. The van der Waals surface area contributed by atoms with Crippen LogP contribution in [0.5, 0.6) is 0 Å². The molecule has 124 valence electrons. The minimum absolute atomic E-state index is 0.0207. The van der Waals surface area contributed by atoms with Crippen molar-refractivity contribution in [2.24, 2.45) is 0 Å². The van der Waals surface area contributed by atoms with E-state index in [-0.39, 0.29) is 22.9 Å². The van der Waals surface area contributed by atoms with Crippen molar-refractivity contribution in [1.29, 1.82) is 0 Å². The molecule has 0 heterocycles. The molecule has 0 saturated heterocycles. The number of Topliss-reactive ketones (excluding diaryl/α,β-unsaturated/α-hetero) is 1. The van der Waals surface area contributed by atoms with Crippen molar-refractivity contribution in [1.82, 2.24) is 4.72 Å². The zero-order valence-corrected chi connectivity index (χ0v) is 14.7. The molecule has 1 aromatic carbocycles. The van der Waals surface area contributed by atoms with E-state index >= 15 is 0 Å². The summed E-state index contributed by atoms with van der Waals surface area (Å²) in [7, 11) is -7.01. The summed E-state index contributed by atoms with van der Waals surface area (Å²) in [5.41, 5.74) is -0.620. The van der Waals surface area contributed by atoms with Gasteiger partial charge in [-0.05, 0) is 39.3 Å². The van der Waals surface area contributed by atoms with Gasteiger partial charge in [-0.15, -0.1) is 0 Å². The predicted octanol–water partition coefficient (Wildman–Crippen LogP) is 1.38. The second-order valence-electron chi connectivity index (χ2n) is 5.95. The predicted molar refractivity (Wildman–Crippen MR) is 85.2 cm³/mol. The number of nitrogens with one attached hydrogen (secondary N) is 1. The van der Waals surface area contributed by atoms with Crippen molar-refractivity contribution in [2.75, 3.05) is 12.0 Å². The highest BCUT2D eigenvalue weighted by Gasteiger charge is 2.27. The lowest BCUT2D eigenvalue weighted by Gasteiger charge is -2.25. The summed E-state index contributed by atoms with van der Waals surface area (Å²) in [6.07, 6.45) is 1.26. The summed E-state index contributed by atoms with van der Waals surface area (Å²) in [5, 5.41) is 0. The molecule has 22 heavy (non-hydrogen) atoms. The molecule has 0 fully saturated rings. The van der Waals surface area contributed by atoms with Crippen molar-refractivity contribution < 1.29 is 21.6 Å². The van der Waals surface area contributed by atoms with Crippen LogP contribution in [0.4, 0.5) is 0 Å². The summed E-state index contributed by atoms with van der Waals surface area (Å²) in [5.74, 6) is -0.343. The maximum absolute atomic E-state index is 12.4. The fourth-order valence-corrected chi connectivity index (χ4v) is 4.16. The molecule has 0 aliphatic carbocycles. The van der Waals surface area contributed by atoms with Crippen molar-refractivity contribution in [2.45, 2.75) is 37.6 Å². The molecule has 1 aromatic rings. The van der Waals surface area contributed by atoms with Crippen LogP contribution in [0.3, 0.4) is 0 Å². The van der Waals surface area contributed by atoms with E-state index in [1.165, 1.54) is 31.2 Å². The van der Waals surface area contributed by atoms with Gasteiger partial charge in [0.25, 0.3) is 0 Å². The number of hydrogen-bond acceptors (Lipinski definition) is 5. The molecule has 1 rings (SSSR count). The fraction of sp³-hybridized carbons (Fsp3) is 0.500. The molecule has 0 aromatic heterocycles. The summed E-state index contributed by atoms with van der Waals surface area (Å²) in [6.45, 7) is 4.59. The molecule has 8 heteroatoms. The van der Waals surface area contributed by atoms with Crippen LogP contribution in [0, 0.1) is 0 Å². The minimum atomic E-state index is -3.84. The van der Waals surface area contributed by atoms with Crippen LogP contribution in [0.15, 0.2) is 29.2 Å². The van der Waals surface area contributed by atoms with E-state index in [4.69, 9.17) is 0 Å². The van der Waals surface area contributed by atoms with Crippen LogP contribution in [0.2, 0.25) is 0 Å². The van der Waals surface area contributed by atoms with E-state index in [0.29, 0.717) is 5.56 Å². The van der Waals surface area contributed by atoms with Crippen molar-refractivity contribution >= 4 is 25.6 Å². The zero-order valence-electron chi connectivity index (χ0n) is 13.1. The van der Waals surface area contributed by atoms with Crippen molar-refractivity contribution in [3.05, 3.63) is 29.8 Å². The Morgan fingerprint density at radius 1 is 1.18 bits per heavy atom. The van der Waals surface area contributed by atoms with Gasteiger partial charge in [0.15, 0.2) is 5.78 Å². The Balaban J connectivity index is 3.00. The topological polar surface area (TPSA) is 97.4 Å². The normalized spacial score (nSPS) is 13.1. The molecule has 0 unspecified atom stereocenters. The number of ketones is 1. The zero-order chi connectivity index (χ0) is 17.2. The van der Waals surface area contributed by atoms with Crippen molar-refractivity contribution in [3.63, 3.8) is 0 Å². The number of sulfone groups is 1. The van der Waals surface area contributed by atoms with Gasteiger partial charge < -0.3 is 0 Å². The summed E-state index contributed by atoms with van der Waals surface area (Å²) in [6, 6.07) is 5.73. The number of rotatable bonds is 7. The van der Waals surface area contributed by atoms with Crippen LogP contribution in [0.1, 0.15) is 37.6 Å². The molecule has 0 spiro atoms. The third kappa shape index (κ3) is 5.86. The third-order valence-corrected chi connectivity index (χ3v) is 5.70. The van der Waals surface area contributed by atoms with Gasteiger partial charge in [0.1, 0.15) is 9.84 Å². The highest BCUT2D eigenvalue weighted by molar-refractivity contribution is 7.90. The molecule has 0 aliphatic heterocycles. The number of benzene rings is 1. The molecule has 6 nitrogen and oxygen atoms in total. The minimum Gasteiger partial charge on any atom is -0.295 e. The first kappa shape index (κ1) is 18.8. The van der Waals surface area contributed by atoms with E-state index in [9.17, 15) is 21.6 Å². The van der Waals surface area contributed by atoms with E-state index in [2.05, 4.69) is 4.72 Å². The Morgan fingerprint density at radius 3 is 2.27 bits per heavy atom. The monoisotopic (exact) mass is 347 g/mol. The first-order valence-electron chi connectivity index (χ1n) is 6.65. The third-order valence-electron chi connectivity index (χ3n) is 3.06. The van der Waals surface area contributed by atoms with E-state index in [1.807, 2.05) is 0 Å². The van der Waals surface area contributed by atoms with Crippen molar-refractivity contribution in [3.8, 4) is 0 Å². The molecule has 0 saturated carbocycles. The standard InChI is InChI=1S/C14H21NO5S2/c1-11(16)12-6-5-7-13(10-12)22(19,20)15-14(2,3)8-9-21(4,17)18/h5-7,10,15H,8-9H2,1-4H3. The molecule has 1 N–H and O–H groups in total. The molecule has 0 radical (unpaired) electrons. The summed E-state index contributed by atoms with van der Waals surface area (Å²) in [4.78, 5) is 11.3. The second-order valence-corrected chi connectivity index (χ2v) is 9.90. The molecule has 0 bridgehead atoms. The van der Waals surface area contributed by atoms with Crippen LogP contribution in [0.25, 0.3) is 0 Å². The van der Waals surface area contributed by atoms with Gasteiger partial charge in [0.05, 0.1) is 10.6 Å². The van der Waals surface area contributed by atoms with Gasteiger partial charge in [0, 0.05) is 17.4 Å². The fourth-order valence-electron chi connectivity index (χ4n) is 1.80. The quantitative estimate of drug-likeness (QED) is 0.752. The molecular weight excluding hydrogens is 326 g/mol. The average molecular weight is 347 g/mol. The van der Waals surface area contributed by atoms with Gasteiger partial charge in [-0.1, -0.05) is 12.1 Å². The van der Waals surface area contributed by atoms with Crippen LogP contribution < -0.4 is 4.72 Å². The second kappa shape index (κ2) is 6.47. The lowest BCUT2D eigenvalue weighted by Crippen LogP contribution is -2.44. The SMILES string of the molecule is CC(=O)c1cccc(S(=O)(=O)NC(C)(C)CCS(C)(=O)=O)c1. The first-order chi connectivity index (χ1) is 9.82. The summed E-state index contributed by atoms with van der Waals surface area (Å²) < 4.78 is 49.7. The maximum Gasteiger partial charge on any atom is 0.241 e. The number of carbonyl (C=O) groups excluding carboxylic acids is 1. The maximum atomic E-state index is 12.4. The highest BCUT2D eigenvalue weighted by Crippen LogP contribution is 2.17. The Hall–Kier alpha value is -1.25. The average Bonchev–Trinajstić information content (AvgIpc) is 2.35. The Bertz CT molecular complexity index is 764. The van der Waals surface area contributed by atoms with E-state index in [1.54, 1.807) is 13.8 Å². The lowest BCUT2D eigenvalue weighted by atomic mass is 10.0. The Labute approximate surface area is 131 Å². The number of hydrogen-bond donors (Lipinski definition) is 1. The molecular formula is C14H21NO5S2. The first-order valence-corrected chi connectivity index (χ1v) is 10.2. The van der Waals surface area contributed by atoms with Gasteiger partial charge in [0.2, 0.25) is 10.0 Å². The number of sulfonamides is 1. The van der Waals surface area contributed by atoms with Gasteiger partial charge in [-0.25, -0.2) is 21.6 Å². The van der Waals surface area contributed by atoms with E-state index < -0.39 is 25.4 Å². The van der Waals surface area contributed by atoms with Gasteiger partial charge in [-0.3, -0.25) is 4.79 Å². The van der Waals surface area contributed by atoms with Crippen LogP contribution in [-0.2, 0) is 19.9 Å². The molecule has 0 amide bonds. The molecule has 0 atom stereocenters. The Morgan fingerprint density at radius 2 is 1.77 bits per heavy atom. The van der Waals surface area contributed by atoms with Crippen LogP contribution in [-0.4, -0.2) is 40.2 Å². The van der Waals surface area contributed by atoms with Gasteiger partial charge in [-0.2, -0.15) is 0 Å². The highest BCUT2D eigenvalue weighted by atomic mass is 32.2. The lowest BCUT2D eigenvalue weighted by molar-refractivity contribution is 0.101.